The zero-order valence-corrected chi connectivity index (χ0v) is 12.8. The monoisotopic (exact) mass is 294 g/mol. The number of rotatable bonds is 6. The highest BCUT2D eigenvalue weighted by atomic mass is 32.1. The summed E-state index contributed by atoms with van der Waals surface area (Å²) in [6.07, 6.45) is 2.88. The molecule has 1 atom stereocenters. The van der Waals surface area contributed by atoms with E-state index in [0.717, 1.165) is 24.3 Å². The van der Waals surface area contributed by atoms with Crippen molar-refractivity contribution in [3.63, 3.8) is 0 Å². The second kappa shape index (κ2) is 6.82. The van der Waals surface area contributed by atoms with Crippen molar-refractivity contribution in [2.75, 3.05) is 0 Å². The Morgan fingerprint density at radius 2 is 2.32 bits per heavy atom. The number of hydrogen-bond donors (Lipinski definition) is 1. The molecule has 1 amide bonds. The minimum atomic E-state index is -0.0670. The lowest BCUT2D eigenvalue weighted by Gasteiger charge is -2.11. The molecule has 0 unspecified atom stereocenters. The number of amides is 1. The Labute approximate surface area is 121 Å². The van der Waals surface area contributed by atoms with E-state index in [1.807, 2.05) is 18.4 Å². The van der Waals surface area contributed by atoms with Crippen molar-refractivity contribution in [1.29, 1.82) is 0 Å². The molecular weight excluding hydrogens is 276 g/mol. The summed E-state index contributed by atoms with van der Waals surface area (Å²) < 4.78 is 0. The van der Waals surface area contributed by atoms with Gasteiger partial charge in [-0.2, -0.15) is 0 Å². The summed E-state index contributed by atoms with van der Waals surface area (Å²) in [5.74, 6) is -0.0670. The Kier molecular flexibility index (Phi) is 5.10. The van der Waals surface area contributed by atoms with Gasteiger partial charge in [0.15, 0.2) is 0 Å². The molecule has 0 aliphatic heterocycles. The van der Waals surface area contributed by atoms with Gasteiger partial charge in [0.2, 0.25) is 0 Å². The Hall–Kier alpha value is -1.20. The van der Waals surface area contributed by atoms with E-state index in [-0.39, 0.29) is 11.9 Å². The maximum Gasteiger partial charge on any atom is 0.270 e. The van der Waals surface area contributed by atoms with Crippen molar-refractivity contribution >= 4 is 28.6 Å². The van der Waals surface area contributed by atoms with Crippen LogP contribution in [0.15, 0.2) is 22.9 Å². The second-order valence-electron chi connectivity index (χ2n) is 4.53. The van der Waals surface area contributed by atoms with Crippen molar-refractivity contribution in [1.82, 2.24) is 10.3 Å². The largest absolute Gasteiger partial charge is 0.348 e. The molecule has 5 heteroatoms. The maximum atomic E-state index is 12.0. The van der Waals surface area contributed by atoms with Gasteiger partial charge < -0.3 is 5.32 Å². The van der Waals surface area contributed by atoms with Crippen molar-refractivity contribution in [2.24, 2.45) is 0 Å². The zero-order valence-electron chi connectivity index (χ0n) is 11.2. The Morgan fingerprint density at radius 1 is 1.47 bits per heavy atom. The molecule has 19 heavy (non-hydrogen) atoms. The van der Waals surface area contributed by atoms with Crippen LogP contribution in [0.5, 0.6) is 0 Å². The average molecular weight is 294 g/mol. The molecule has 0 aliphatic rings. The molecule has 0 aliphatic carbocycles. The van der Waals surface area contributed by atoms with Crippen molar-refractivity contribution < 1.29 is 4.79 Å². The van der Waals surface area contributed by atoms with E-state index in [1.165, 1.54) is 4.88 Å². The molecule has 1 N–H and O–H groups in total. The number of nitrogens with zero attached hydrogens (tertiary/aromatic N) is 1. The number of carbonyl (C=O) groups is 1. The normalized spacial score (nSPS) is 12.3. The molecule has 0 radical (unpaired) electrons. The average Bonchev–Trinajstić information content (AvgIpc) is 3.00. The van der Waals surface area contributed by atoms with Gasteiger partial charge >= 0.3 is 0 Å². The summed E-state index contributed by atoms with van der Waals surface area (Å²) in [7, 11) is 0. The lowest BCUT2D eigenvalue weighted by atomic mass is 10.2. The van der Waals surface area contributed by atoms with E-state index in [2.05, 4.69) is 28.7 Å². The number of thiazole rings is 1. The van der Waals surface area contributed by atoms with Gasteiger partial charge in [0, 0.05) is 22.7 Å². The first-order chi connectivity index (χ1) is 9.19. The second-order valence-corrected chi connectivity index (χ2v) is 6.51. The molecule has 0 aromatic carbocycles. The minimum Gasteiger partial charge on any atom is -0.348 e. The van der Waals surface area contributed by atoms with Crippen molar-refractivity contribution in [3.8, 4) is 0 Å². The van der Waals surface area contributed by atoms with Gasteiger partial charge in [-0.3, -0.25) is 4.79 Å². The third-order valence-electron chi connectivity index (χ3n) is 2.71. The molecule has 0 fully saturated rings. The minimum absolute atomic E-state index is 0.0670. The fraction of sp³-hybridized carbons (Fsp3) is 0.429. The van der Waals surface area contributed by atoms with Gasteiger partial charge in [0.05, 0.1) is 5.01 Å². The van der Waals surface area contributed by atoms with Gasteiger partial charge in [-0.15, -0.1) is 22.7 Å². The Morgan fingerprint density at radius 3 is 3.00 bits per heavy atom. The van der Waals surface area contributed by atoms with Gasteiger partial charge in [0.1, 0.15) is 5.69 Å². The number of carbonyl (C=O) groups excluding carboxylic acids is 1. The van der Waals surface area contributed by atoms with Gasteiger partial charge in [0.25, 0.3) is 5.91 Å². The summed E-state index contributed by atoms with van der Waals surface area (Å²) in [5.41, 5.74) is 0.548. The Bertz CT molecular complexity index is 519. The third kappa shape index (κ3) is 4.14. The van der Waals surface area contributed by atoms with Crippen LogP contribution in [-0.4, -0.2) is 16.9 Å². The lowest BCUT2D eigenvalue weighted by Crippen LogP contribution is -2.34. The number of aryl methyl sites for hydroxylation is 1. The van der Waals surface area contributed by atoms with Crippen LogP contribution in [0.3, 0.4) is 0 Å². The summed E-state index contributed by atoms with van der Waals surface area (Å²) in [6, 6.07) is 4.25. The molecule has 102 valence electrons. The summed E-state index contributed by atoms with van der Waals surface area (Å²) in [4.78, 5) is 17.7. The van der Waals surface area contributed by atoms with Crippen molar-refractivity contribution in [2.45, 2.75) is 39.2 Å². The highest BCUT2D eigenvalue weighted by Gasteiger charge is 2.13. The van der Waals surface area contributed by atoms with Crippen LogP contribution in [0, 0.1) is 0 Å². The first-order valence-electron chi connectivity index (χ1n) is 6.46. The fourth-order valence-corrected chi connectivity index (χ4v) is 3.54. The van der Waals surface area contributed by atoms with Crippen LogP contribution in [0.4, 0.5) is 0 Å². The molecule has 2 aromatic rings. The van der Waals surface area contributed by atoms with Crippen LogP contribution < -0.4 is 5.32 Å². The molecule has 2 rings (SSSR count). The highest BCUT2D eigenvalue weighted by molar-refractivity contribution is 7.10. The standard InChI is InChI=1S/C14H18N2OS2/c1-3-5-13-16-12(9-19-13)14(17)15-10(2)8-11-6-4-7-18-11/h4,6-7,9-10H,3,5,8H2,1-2H3,(H,15,17)/t10-/m0/s1. The number of nitrogens with one attached hydrogen (secondary N) is 1. The van der Waals surface area contributed by atoms with Crippen LogP contribution >= 0.6 is 22.7 Å². The van der Waals surface area contributed by atoms with E-state index < -0.39 is 0 Å². The molecule has 2 heterocycles. The summed E-state index contributed by atoms with van der Waals surface area (Å²) >= 11 is 3.29. The topological polar surface area (TPSA) is 42.0 Å². The SMILES string of the molecule is CCCc1nc(C(=O)N[C@@H](C)Cc2cccs2)cs1. The fourth-order valence-electron chi connectivity index (χ4n) is 1.82. The van der Waals surface area contributed by atoms with Crippen molar-refractivity contribution in [3.05, 3.63) is 38.5 Å². The van der Waals surface area contributed by atoms with E-state index >= 15 is 0 Å². The molecular formula is C14H18N2OS2. The van der Waals surface area contributed by atoms with Crippen LogP contribution in [0.25, 0.3) is 0 Å². The number of thiophene rings is 1. The first-order valence-corrected chi connectivity index (χ1v) is 8.22. The molecule has 0 spiro atoms. The van der Waals surface area contributed by atoms with Crippen LogP contribution in [0.1, 0.15) is 40.6 Å². The van der Waals surface area contributed by atoms with E-state index in [9.17, 15) is 4.79 Å². The quantitative estimate of drug-likeness (QED) is 0.885. The summed E-state index contributed by atoms with van der Waals surface area (Å²) in [5, 5.41) is 7.94. The maximum absolute atomic E-state index is 12.0. The van der Waals surface area contributed by atoms with E-state index in [0.29, 0.717) is 5.69 Å². The molecule has 3 nitrogen and oxygen atoms in total. The predicted molar refractivity (Wildman–Crippen MR) is 81.1 cm³/mol. The lowest BCUT2D eigenvalue weighted by molar-refractivity contribution is 0.0935. The Balaban J connectivity index is 1.88. The number of hydrogen-bond acceptors (Lipinski definition) is 4. The highest BCUT2D eigenvalue weighted by Crippen LogP contribution is 2.13. The molecule has 0 saturated heterocycles. The summed E-state index contributed by atoms with van der Waals surface area (Å²) in [6.45, 7) is 4.14. The smallest absolute Gasteiger partial charge is 0.270 e. The predicted octanol–water partition coefficient (Wildman–Crippen LogP) is 3.52. The van der Waals surface area contributed by atoms with Gasteiger partial charge in [-0.05, 0) is 31.2 Å². The molecule has 2 aromatic heterocycles. The van der Waals surface area contributed by atoms with Gasteiger partial charge in [-0.1, -0.05) is 13.0 Å². The first kappa shape index (κ1) is 14.2. The molecule has 0 bridgehead atoms. The van der Waals surface area contributed by atoms with E-state index in [4.69, 9.17) is 0 Å². The van der Waals surface area contributed by atoms with Crippen LogP contribution in [-0.2, 0) is 12.8 Å². The van der Waals surface area contributed by atoms with Crippen LogP contribution in [0.2, 0.25) is 0 Å². The molecule has 0 saturated carbocycles. The zero-order chi connectivity index (χ0) is 13.7. The van der Waals surface area contributed by atoms with Gasteiger partial charge in [-0.25, -0.2) is 4.98 Å². The number of aromatic nitrogens is 1. The third-order valence-corrected chi connectivity index (χ3v) is 4.52. The van der Waals surface area contributed by atoms with E-state index in [1.54, 1.807) is 22.7 Å².